The highest BCUT2D eigenvalue weighted by Gasteiger charge is 2.36. The minimum absolute atomic E-state index is 0.0472. The Kier molecular flexibility index (Phi) is 5.53. The second-order valence-electron chi connectivity index (χ2n) is 5.63. The molecular formula is C13H25FN2O2. The Morgan fingerprint density at radius 2 is 1.94 bits per heavy atom. The number of nitrogens with zero attached hydrogens (tertiary/aromatic N) is 2. The van der Waals surface area contributed by atoms with Crippen LogP contribution in [0.4, 0.5) is 4.39 Å². The summed E-state index contributed by atoms with van der Waals surface area (Å²) in [6, 6.07) is 0. The van der Waals surface area contributed by atoms with Crippen molar-refractivity contribution in [2.24, 2.45) is 0 Å². The first-order chi connectivity index (χ1) is 8.32. The van der Waals surface area contributed by atoms with Crippen molar-refractivity contribution in [1.29, 1.82) is 0 Å². The van der Waals surface area contributed by atoms with Gasteiger partial charge in [-0.3, -0.25) is 4.79 Å². The summed E-state index contributed by atoms with van der Waals surface area (Å²) in [5, 5.41) is 0. The number of piperidine rings is 1. The zero-order chi connectivity index (χ0) is 13.8. The van der Waals surface area contributed by atoms with Crippen molar-refractivity contribution in [2.45, 2.75) is 38.5 Å². The number of hydrogen-bond acceptors (Lipinski definition) is 3. The minimum Gasteiger partial charge on any atom is -0.375 e. The Labute approximate surface area is 109 Å². The summed E-state index contributed by atoms with van der Waals surface area (Å²) in [6.07, 6.45) is 0.795. The maximum atomic E-state index is 14.4. The van der Waals surface area contributed by atoms with Gasteiger partial charge < -0.3 is 14.5 Å². The third kappa shape index (κ3) is 4.90. The highest BCUT2D eigenvalue weighted by atomic mass is 19.1. The molecule has 4 nitrogen and oxygen atoms in total. The maximum Gasteiger partial charge on any atom is 0.236 e. The Hall–Kier alpha value is -0.680. The summed E-state index contributed by atoms with van der Waals surface area (Å²) < 4.78 is 19.7. The van der Waals surface area contributed by atoms with E-state index in [0.29, 0.717) is 32.5 Å². The number of ether oxygens (including phenoxy) is 1. The van der Waals surface area contributed by atoms with E-state index in [1.54, 1.807) is 4.90 Å². The van der Waals surface area contributed by atoms with Crippen LogP contribution in [-0.2, 0) is 9.53 Å². The molecule has 1 amide bonds. The fraction of sp³-hybridized carbons (Fsp3) is 0.923. The summed E-state index contributed by atoms with van der Waals surface area (Å²) in [6.45, 7) is 5.32. The number of likely N-dealkylation sites (tertiary alicyclic amines) is 1. The van der Waals surface area contributed by atoms with E-state index in [1.807, 2.05) is 32.8 Å². The molecule has 1 saturated heterocycles. The first-order valence-corrected chi connectivity index (χ1v) is 6.55. The third-order valence-corrected chi connectivity index (χ3v) is 3.14. The Morgan fingerprint density at radius 3 is 2.39 bits per heavy atom. The van der Waals surface area contributed by atoms with Crippen LogP contribution >= 0.6 is 0 Å². The lowest BCUT2D eigenvalue weighted by Crippen LogP contribution is -2.48. The number of carbonyl (C=O) groups is 1. The van der Waals surface area contributed by atoms with Gasteiger partial charge in [-0.25, -0.2) is 4.39 Å². The van der Waals surface area contributed by atoms with Crippen molar-refractivity contribution in [3.63, 3.8) is 0 Å². The molecule has 1 aliphatic heterocycles. The van der Waals surface area contributed by atoms with Gasteiger partial charge in [-0.1, -0.05) is 0 Å². The number of alkyl halides is 1. The number of hydrogen-bond donors (Lipinski definition) is 0. The molecule has 0 saturated carbocycles. The fourth-order valence-corrected chi connectivity index (χ4v) is 1.99. The van der Waals surface area contributed by atoms with E-state index in [2.05, 4.69) is 0 Å². The summed E-state index contributed by atoms with van der Waals surface area (Å²) in [5.74, 6) is 0.0758. The molecule has 18 heavy (non-hydrogen) atoms. The highest BCUT2D eigenvalue weighted by Crippen LogP contribution is 2.27. The van der Waals surface area contributed by atoms with Gasteiger partial charge in [0.05, 0.1) is 19.3 Å². The molecule has 0 bridgehead atoms. The number of halogens is 1. The summed E-state index contributed by atoms with van der Waals surface area (Å²) >= 11 is 0. The van der Waals surface area contributed by atoms with Crippen molar-refractivity contribution in [2.75, 3.05) is 40.3 Å². The molecule has 5 heteroatoms. The van der Waals surface area contributed by atoms with Gasteiger partial charge in [0.15, 0.2) is 0 Å². The van der Waals surface area contributed by atoms with Crippen molar-refractivity contribution < 1.29 is 13.9 Å². The SMILES string of the molecule is CC(C)OCC1(F)CCN(C(=O)CN(C)C)CC1. The maximum absolute atomic E-state index is 14.4. The fourth-order valence-electron chi connectivity index (χ4n) is 1.99. The van der Waals surface area contributed by atoms with Crippen LogP contribution in [0.25, 0.3) is 0 Å². The normalized spacial score (nSPS) is 19.6. The molecule has 0 aromatic heterocycles. The van der Waals surface area contributed by atoms with E-state index in [-0.39, 0.29) is 18.6 Å². The number of carbonyl (C=O) groups excluding carboxylic acids is 1. The van der Waals surface area contributed by atoms with Crippen molar-refractivity contribution in [3.05, 3.63) is 0 Å². The topological polar surface area (TPSA) is 32.8 Å². The van der Waals surface area contributed by atoms with Crippen LogP contribution in [0.5, 0.6) is 0 Å². The molecule has 1 heterocycles. The third-order valence-electron chi connectivity index (χ3n) is 3.14. The average Bonchev–Trinajstić information content (AvgIpc) is 2.26. The van der Waals surface area contributed by atoms with E-state index in [4.69, 9.17) is 4.74 Å². The van der Waals surface area contributed by atoms with Crippen molar-refractivity contribution in [3.8, 4) is 0 Å². The molecule has 1 aliphatic rings. The molecular weight excluding hydrogens is 235 g/mol. The van der Waals surface area contributed by atoms with Crippen LogP contribution in [0.3, 0.4) is 0 Å². The second kappa shape index (κ2) is 6.48. The number of rotatable bonds is 5. The molecule has 0 N–H and O–H groups in total. The van der Waals surface area contributed by atoms with Crippen LogP contribution in [0.15, 0.2) is 0 Å². The lowest BCUT2D eigenvalue weighted by atomic mass is 9.94. The van der Waals surface area contributed by atoms with Crippen molar-refractivity contribution >= 4 is 5.91 Å². The molecule has 1 rings (SSSR count). The molecule has 0 radical (unpaired) electrons. The first-order valence-electron chi connectivity index (χ1n) is 6.55. The van der Waals surface area contributed by atoms with E-state index in [9.17, 15) is 9.18 Å². The number of likely N-dealkylation sites (N-methyl/N-ethyl adjacent to an activating group) is 1. The molecule has 0 atom stereocenters. The van der Waals surface area contributed by atoms with E-state index >= 15 is 0 Å². The lowest BCUT2D eigenvalue weighted by Gasteiger charge is -2.37. The van der Waals surface area contributed by atoms with Gasteiger partial charge >= 0.3 is 0 Å². The highest BCUT2D eigenvalue weighted by molar-refractivity contribution is 5.78. The quantitative estimate of drug-likeness (QED) is 0.747. The van der Waals surface area contributed by atoms with Crippen molar-refractivity contribution in [1.82, 2.24) is 9.80 Å². The first kappa shape index (κ1) is 15.4. The second-order valence-corrected chi connectivity index (χ2v) is 5.63. The molecule has 0 aliphatic carbocycles. The van der Waals surface area contributed by atoms with Gasteiger partial charge in [-0.15, -0.1) is 0 Å². The molecule has 1 fully saturated rings. The summed E-state index contributed by atoms with van der Waals surface area (Å²) in [4.78, 5) is 15.4. The van der Waals surface area contributed by atoms with Crippen LogP contribution in [0.1, 0.15) is 26.7 Å². The standard InChI is InChI=1S/C13H25FN2O2/c1-11(2)18-10-13(14)5-7-16(8-6-13)12(17)9-15(3)4/h11H,5-10H2,1-4H3. The molecule has 106 valence electrons. The van der Waals surface area contributed by atoms with Crippen LogP contribution < -0.4 is 0 Å². The monoisotopic (exact) mass is 260 g/mol. The molecule has 0 spiro atoms. The van der Waals surface area contributed by atoms with Gasteiger partial charge in [-0.2, -0.15) is 0 Å². The van der Waals surface area contributed by atoms with Gasteiger partial charge in [0.25, 0.3) is 0 Å². The predicted octanol–water partition coefficient (Wildman–Crippen LogP) is 1.30. The predicted molar refractivity (Wildman–Crippen MR) is 69.3 cm³/mol. The molecule has 0 aromatic carbocycles. The minimum atomic E-state index is -1.26. The Morgan fingerprint density at radius 1 is 1.39 bits per heavy atom. The van der Waals surface area contributed by atoms with E-state index in [0.717, 1.165) is 0 Å². The van der Waals surface area contributed by atoms with Gasteiger partial charge in [0.2, 0.25) is 5.91 Å². The zero-order valence-electron chi connectivity index (χ0n) is 11.9. The van der Waals surface area contributed by atoms with E-state index in [1.165, 1.54) is 0 Å². The zero-order valence-corrected chi connectivity index (χ0v) is 11.9. The van der Waals surface area contributed by atoms with Crippen LogP contribution in [0, 0.1) is 0 Å². The van der Waals surface area contributed by atoms with Crippen LogP contribution in [-0.4, -0.2) is 67.8 Å². The smallest absolute Gasteiger partial charge is 0.236 e. The Balaban J connectivity index is 2.37. The molecule has 0 unspecified atom stereocenters. The van der Waals surface area contributed by atoms with Gasteiger partial charge in [0, 0.05) is 25.9 Å². The van der Waals surface area contributed by atoms with E-state index < -0.39 is 5.67 Å². The van der Waals surface area contributed by atoms with Gasteiger partial charge in [-0.05, 0) is 27.9 Å². The molecule has 0 aromatic rings. The Bertz CT molecular complexity index is 274. The lowest BCUT2D eigenvalue weighted by molar-refractivity contribution is -0.135. The largest absolute Gasteiger partial charge is 0.375 e. The van der Waals surface area contributed by atoms with Gasteiger partial charge in [0.1, 0.15) is 5.67 Å². The summed E-state index contributed by atoms with van der Waals surface area (Å²) in [7, 11) is 3.72. The number of amides is 1. The summed E-state index contributed by atoms with van der Waals surface area (Å²) in [5.41, 5.74) is -1.26. The average molecular weight is 260 g/mol. The van der Waals surface area contributed by atoms with Crippen LogP contribution in [0.2, 0.25) is 0 Å².